The zero-order chi connectivity index (χ0) is 20.1. The molecule has 0 aliphatic carbocycles. The second-order valence-electron chi connectivity index (χ2n) is 6.45. The van der Waals surface area contributed by atoms with E-state index in [9.17, 15) is 9.59 Å². The van der Waals surface area contributed by atoms with Gasteiger partial charge in [0.05, 0.1) is 6.04 Å². The maximum absolute atomic E-state index is 12.5. The zero-order valence-electron chi connectivity index (χ0n) is 15.5. The van der Waals surface area contributed by atoms with E-state index in [-0.39, 0.29) is 17.7 Å². The van der Waals surface area contributed by atoms with Crippen LogP contribution in [0.25, 0.3) is 0 Å². The molecule has 0 aliphatic heterocycles. The number of nitrogens with zero attached hydrogens (tertiary/aromatic N) is 1. The number of anilines is 2. The van der Waals surface area contributed by atoms with E-state index >= 15 is 0 Å². The lowest BCUT2D eigenvalue weighted by atomic mass is 10.0. The Bertz CT molecular complexity index is 965. The van der Waals surface area contributed by atoms with Crippen LogP contribution in [0.1, 0.15) is 57.2 Å². The van der Waals surface area contributed by atoms with E-state index in [1.165, 1.54) is 11.3 Å². The number of amides is 1. The number of thiazole rings is 1. The van der Waals surface area contributed by atoms with Crippen molar-refractivity contribution in [2.45, 2.75) is 25.8 Å². The Labute approximate surface area is 167 Å². The van der Waals surface area contributed by atoms with Gasteiger partial charge in [-0.1, -0.05) is 13.3 Å². The fourth-order valence-electron chi connectivity index (χ4n) is 2.70. The van der Waals surface area contributed by atoms with Gasteiger partial charge in [-0.05, 0) is 55.0 Å². The Morgan fingerprint density at radius 2 is 1.68 bits per heavy atom. The molecule has 3 rings (SSSR count). The average molecular weight is 395 g/mol. The van der Waals surface area contributed by atoms with Gasteiger partial charge in [0.1, 0.15) is 10.7 Å². The van der Waals surface area contributed by atoms with Gasteiger partial charge in [0.2, 0.25) is 0 Å². The number of aromatic nitrogens is 1. The average Bonchev–Trinajstić information content (AvgIpc) is 3.19. The highest BCUT2D eigenvalue weighted by atomic mass is 32.1. The van der Waals surface area contributed by atoms with Crippen LogP contribution in [0.15, 0.2) is 53.9 Å². The maximum atomic E-state index is 12.5. The molecule has 1 amide bonds. The summed E-state index contributed by atoms with van der Waals surface area (Å²) >= 11 is 1.39. The van der Waals surface area contributed by atoms with Crippen molar-refractivity contribution in [1.82, 2.24) is 4.98 Å². The molecule has 3 aromatic rings. The second-order valence-corrected chi connectivity index (χ2v) is 7.34. The second kappa shape index (κ2) is 8.77. The largest absolute Gasteiger partial charge is 0.399 e. The van der Waals surface area contributed by atoms with Gasteiger partial charge in [0.25, 0.3) is 5.91 Å². The van der Waals surface area contributed by atoms with Gasteiger partial charge in [0.15, 0.2) is 5.78 Å². The number of nitrogen functional groups attached to an aromatic ring is 1. The SMILES string of the molecule is CCCC(N)c1nc(C(=O)Nc2ccc(C(=O)c3ccc(N)cc3)cc2)cs1. The number of nitrogens with two attached hydrogens (primary N) is 2. The van der Waals surface area contributed by atoms with Crippen LogP contribution in [0.4, 0.5) is 11.4 Å². The number of hydrogen-bond donors (Lipinski definition) is 3. The summed E-state index contributed by atoms with van der Waals surface area (Å²) in [6.45, 7) is 2.06. The number of ketones is 1. The molecule has 6 nitrogen and oxygen atoms in total. The van der Waals surface area contributed by atoms with Crippen LogP contribution in [-0.2, 0) is 0 Å². The molecular formula is C21H22N4O2S. The van der Waals surface area contributed by atoms with Crippen LogP contribution in [0.5, 0.6) is 0 Å². The van der Waals surface area contributed by atoms with Crippen molar-refractivity contribution in [3.05, 3.63) is 75.7 Å². The van der Waals surface area contributed by atoms with E-state index in [4.69, 9.17) is 11.5 Å². The molecule has 1 aromatic heterocycles. The molecule has 1 unspecified atom stereocenters. The minimum Gasteiger partial charge on any atom is -0.399 e. The van der Waals surface area contributed by atoms with Crippen LogP contribution in [0.3, 0.4) is 0 Å². The third-order valence-electron chi connectivity index (χ3n) is 4.25. The molecule has 2 aromatic carbocycles. The van der Waals surface area contributed by atoms with Gasteiger partial charge in [-0.25, -0.2) is 4.98 Å². The summed E-state index contributed by atoms with van der Waals surface area (Å²) in [7, 11) is 0. The first-order chi connectivity index (χ1) is 13.5. The monoisotopic (exact) mass is 394 g/mol. The molecule has 0 spiro atoms. The van der Waals surface area contributed by atoms with Crippen molar-refractivity contribution in [2.75, 3.05) is 11.1 Å². The number of carbonyl (C=O) groups excluding carboxylic acids is 2. The Balaban J connectivity index is 1.66. The number of carbonyl (C=O) groups is 2. The van der Waals surface area contributed by atoms with Crippen molar-refractivity contribution < 1.29 is 9.59 Å². The van der Waals surface area contributed by atoms with Crippen molar-refractivity contribution >= 4 is 34.4 Å². The third kappa shape index (κ3) is 4.62. The lowest BCUT2D eigenvalue weighted by Crippen LogP contribution is -2.14. The minimum atomic E-state index is -0.302. The lowest BCUT2D eigenvalue weighted by molar-refractivity contribution is 0.102. The first-order valence-electron chi connectivity index (χ1n) is 9.00. The molecule has 28 heavy (non-hydrogen) atoms. The molecule has 1 atom stereocenters. The first kappa shape index (κ1) is 19.7. The summed E-state index contributed by atoms with van der Waals surface area (Å²) in [5, 5.41) is 5.26. The summed E-state index contributed by atoms with van der Waals surface area (Å²) in [4.78, 5) is 29.2. The van der Waals surface area contributed by atoms with Crippen LogP contribution in [0, 0.1) is 0 Å². The van der Waals surface area contributed by atoms with Gasteiger partial charge in [-0.3, -0.25) is 9.59 Å². The lowest BCUT2D eigenvalue weighted by Gasteiger charge is -2.06. The van der Waals surface area contributed by atoms with Gasteiger partial charge in [0, 0.05) is 27.9 Å². The van der Waals surface area contributed by atoms with Crippen LogP contribution in [-0.4, -0.2) is 16.7 Å². The summed E-state index contributed by atoms with van der Waals surface area (Å²) in [6.07, 6.45) is 1.79. The topological polar surface area (TPSA) is 111 Å². The minimum absolute atomic E-state index is 0.105. The summed E-state index contributed by atoms with van der Waals surface area (Å²) in [5.41, 5.74) is 14.3. The van der Waals surface area contributed by atoms with E-state index in [1.54, 1.807) is 53.9 Å². The van der Waals surface area contributed by atoms with Gasteiger partial charge in [-0.2, -0.15) is 0 Å². The van der Waals surface area contributed by atoms with Crippen LogP contribution < -0.4 is 16.8 Å². The fraction of sp³-hybridized carbons (Fsp3) is 0.190. The molecule has 0 radical (unpaired) electrons. The number of nitrogens with one attached hydrogen (secondary N) is 1. The van der Waals surface area contributed by atoms with Gasteiger partial charge >= 0.3 is 0 Å². The maximum Gasteiger partial charge on any atom is 0.275 e. The molecule has 0 saturated heterocycles. The Morgan fingerprint density at radius 1 is 1.07 bits per heavy atom. The highest BCUT2D eigenvalue weighted by molar-refractivity contribution is 7.09. The molecule has 7 heteroatoms. The zero-order valence-corrected chi connectivity index (χ0v) is 16.3. The number of benzene rings is 2. The molecule has 144 valence electrons. The summed E-state index contributed by atoms with van der Waals surface area (Å²) in [5.74, 6) is -0.407. The highest BCUT2D eigenvalue weighted by Gasteiger charge is 2.15. The first-order valence-corrected chi connectivity index (χ1v) is 9.88. The van der Waals surface area contributed by atoms with Gasteiger partial charge in [-0.15, -0.1) is 11.3 Å². The molecule has 0 aliphatic rings. The number of hydrogen-bond acceptors (Lipinski definition) is 6. The van der Waals surface area contributed by atoms with E-state index in [0.29, 0.717) is 28.2 Å². The fourth-order valence-corrected chi connectivity index (χ4v) is 3.53. The van der Waals surface area contributed by atoms with E-state index < -0.39 is 0 Å². The van der Waals surface area contributed by atoms with Gasteiger partial charge < -0.3 is 16.8 Å². The van der Waals surface area contributed by atoms with Crippen LogP contribution >= 0.6 is 11.3 Å². The van der Waals surface area contributed by atoms with Crippen molar-refractivity contribution in [2.24, 2.45) is 5.73 Å². The van der Waals surface area contributed by atoms with E-state index in [2.05, 4.69) is 17.2 Å². The molecular weight excluding hydrogens is 372 g/mol. The normalized spacial score (nSPS) is 11.8. The van der Waals surface area contributed by atoms with Crippen molar-refractivity contribution in [3.63, 3.8) is 0 Å². The molecule has 0 bridgehead atoms. The van der Waals surface area contributed by atoms with E-state index in [1.807, 2.05) is 0 Å². The quantitative estimate of drug-likeness (QED) is 0.414. The third-order valence-corrected chi connectivity index (χ3v) is 5.23. The Kier molecular flexibility index (Phi) is 6.18. The van der Waals surface area contributed by atoms with Crippen LogP contribution in [0.2, 0.25) is 0 Å². The summed E-state index contributed by atoms with van der Waals surface area (Å²) in [6, 6.07) is 13.4. The molecule has 5 N–H and O–H groups in total. The van der Waals surface area contributed by atoms with Crippen molar-refractivity contribution in [3.8, 4) is 0 Å². The standard InChI is InChI=1S/C21H22N4O2S/c1-2-3-17(23)21-25-18(12-28-21)20(27)24-16-10-6-14(7-11-16)19(26)13-4-8-15(22)9-5-13/h4-12,17H,2-3,22-23H2,1H3,(H,24,27). The number of rotatable bonds is 7. The molecule has 1 heterocycles. The van der Waals surface area contributed by atoms with Crippen molar-refractivity contribution in [1.29, 1.82) is 0 Å². The Morgan fingerprint density at radius 3 is 2.29 bits per heavy atom. The smallest absolute Gasteiger partial charge is 0.275 e. The predicted octanol–water partition coefficient (Wildman–Crippen LogP) is 4.01. The predicted molar refractivity (Wildman–Crippen MR) is 113 cm³/mol. The molecule has 0 fully saturated rings. The Hall–Kier alpha value is -3.03. The highest BCUT2D eigenvalue weighted by Crippen LogP contribution is 2.21. The van der Waals surface area contributed by atoms with E-state index in [0.717, 1.165) is 17.8 Å². The summed E-state index contributed by atoms with van der Waals surface area (Å²) < 4.78 is 0. The molecule has 0 saturated carbocycles.